The molecule has 1 fully saturated rings. The number of methoxy groups -OCH3 is 1. The predicted molar refractivity (Wildman–Crippen MR) is 76.4 cm³/mol. The van der Waals surface area contributed by atoms with Crippen molar-refractivity contribution >= 4 is 11.6 Å². The molecule has 1 amide bonds. The summed E-state index contributed by atoms with van der Waals surface area (Å²) in [4.78, 5) is 12.0. The van der Waals surface area contributed by atoms with Gasteiger partial charge in [0, 0.05) is 17.8 Å². The third kappa shape index (κ3) is 3.62. The molecular weight excluding hydrogens is 259 g/mol. The van der Waals surface area contributed by atoms with Crippen molar-refractivity contribution in [3.05, 3.63) is 24.0 Å². The number of ether oxygens (including phenoxy) is 1. The number of halogens is 1. The van der Waals surface area contributed by atoms with E-state index in [2.05, 4.69) is 10.6 Å². The molecule has 0 spiro atoms. The van der Waals surface area contributed by atoms with E-state index in [0.717, 1.165) is 12.8 Å². The summed E-state index contributed by atoms with van der Waals surface area (Å²) >= 11 is 0. The van der Waals surface area contributed by atoms with Crippen molar-refractivity contribution in [2.75, 3.05) is 12.4 Å². The first-order chi connectivity index (χ1) is 9.60. The summed E-state index contributed by atoms with van der Waals surface area (Å²) in [6, 6.07) is 4.40. The largest absolute Gasteiger partial charge is 0.494 e. The van der Waals surface area contributed by atoms with Crippen molar-refractivity contribution in [2.24, 2.45) is 0 Å². The van der Waals surface area contributed by atoms with Crippen LogP contribution in [0.1, 0.15) is 32.6 Å². The fourth-order valence-corrected chi connectivity index (χ4v) is 2.46. The Balaban J connectivity index is 1.92. The topological polar surface area (TPSA) is 50.4 Å². The van der Waals surface area contributed by atoms with E-state index in [4.69, 9.17) is 4.74 Å². The normalized spacial score (nSPS) is 16.8. The van der Waals surface area contributed by atoms with Gasteiger partial charge in [-0.2, -0.15) is 0 Å². The van der Waals surface area contributed by atoms with Gasteiger partial charge in [-0.05, 0) is 31.9 Å². The number of benzene rings is 1. The minimum atomic E-state index is -0.416. The van der Waals surface area contributed by atoms with Crippen LogP contribution in [0.4, 0.5) is 10.1 Å². The van der Waals surface area contributed by atoms with Crippen molar-refractivity contribution in [2.45, 2.75) is 44.7 Å². The Morgan fingerprint density at radius 2 is 2.10 bits per heavy atom. The average molecular weight is 280 g/mol. The Kier molecular flexibility index (Phi) is 4.82. The maximum absolute atomic E-state index is 13.3. The smallest absolute Gasteiger partial charge is 0.242 e. The van der Waals surface area contributed by atoms with Crippen LogP contribution in [0.25, 0.3) is 0 Å². The van der Waals surface area contributed by atoms with Crippen molar-refractivity contribution in [1.82, 2.24) is 5.32 Å². The third-order valence-corrected chi connectivity index (χ3v) is 3.63. The summed E-state index contributed by atoms with van der Waals surface area (Å²) < 4.78 is 18.2. The fourth-order valence-electron chi connectivity index (χ4n) is 2.46. The van der Waals surface area contributed by atoms with Gasteiger partial charge in [0.05, 0.1) is 7.11 Å². The first-order valence-electron chi connectivity index (χ1n) is 7.00. The zero-order valence-corrected chi connectivity index (χ0v) is 11.9. The number of rotatable bonds is 5. The van der Waals surface area contributed by atoms with Gasteiger partial charge in [0.1, 0.15) is 6.04 Å². The lowest BCUT2D eigenvalue weighted by Gasteiger charge is -2.19. The Morgan fingerprint density at radius 1 is 1.40 bits per heavy atom. The minimum absolute atomic E-state index is 0.0276. The molecule has 110 valence electrons. The summed E-state index contributed by atoms with van der Waals surface area (Å²) in [6.45, 7) is 1.79. The first-order valence-corrected chi connectivity index (χ1v) is 7.00. The van der Waals surface area contributed by atoms with E-state index in [1.807, 2.05) is 0 Å². The Hall–Kier alpha value is -1.78. The molecule has 1 aliphatic carbocycles. The maximum atomic E-state index is 13.3. The molecule has 1 aliphatic rings. The average Bonchev–Trinajstić information content (AvgIpc) is 2.93. The predicted octanol–water partition coefficient (Wildman–Crippen LogP) is 2.69. The lowest BCUT2D eigenvalue weighted by molar-refractivity contribution is -0.122. The zero-order valence-electron chi connectivity index (χ0n) is 11.9. The zero-order chi connectivity index (χ0) is 14.5. The first kappa shape index (κ1) is 14.6. The maximum Gasteiger partial charge on any atom is 0.242 e. The molecule has 1 aromatic carbocycles. The molecule has 0 aliphatic heterocycles. The molecule has 0 saturated heterocycles. The van der Waals surface area contributed by atoms with E-state index in [1.165, 1.54) is 26.0 Å². The molecule has 0 heterocycles. The third-order valence-electron chi connectivity index (χ3n) is 3.63. The molecule has 2 rings (SSSR count). The second-order valence-corrected chi connectivity index (χ2v) is 5.21. The molecule has 4 nitrogen and oxygen atoms in total. The van der Waals surface area contributed by atoms with Crippen LogP contribution in [0.2, 0.25) is 0 Å². The highest BCUT2D eigenvalue weighted by atomic mass is 19.1. The van der Waals surface area contributed by atoms with Crippen LogP contribution in [0.3, 0.4) is 0 Å². The SMILES string of the molecule is COc1cc(NC(C)C(=O)NC2CCCC2)ccc1F. The molecule has 1 atom stereocenters. The van der Waals surface area contributed by atoms with Gasteiger partial charge >= 0.3 is 0 Å². The quantitative estimate of drug-likeness (QED) is 0.872. The molecule has 1 aromatic rings. The molecule has 0 radical (unpaired) electrons. The Bertz CT molecular complexity index is 473. The molecule has 1 unspecified atom stereocenters. The van der Waals surface area contributed by atoms with E-state index >= 15 is 0 Å². The van der Waals surface area contributed by atoms with Gasteiger partial charge < -0.3 is 15.4 Å². The summed E-state index contributed by atoms with van der Waals surface area (Å²) in [7, 11) is 1.42. The van der Waals surface area contributed by atoms with Crippen LogP contribution in [0, 0.1) is 5.82 Å². The van der Waals surface area contributed by atoms with Gasteiger partial charge in [0.2, 0.25) is 5.91 Å². The van der Waals surface area contributed by atoms with E-state index in [-0.39, 0.29) is 17.7 Å². The van der Waals surface area contributed by atoms with Crippen molar-refractivity contribution in [1.29, 1.82) is 0 Å². The summed E-state index contributed by atoms with van der Waals surface area (Å²) in [5.74, 6) is -0.278. The van der Waals surface area contributed by atoms with Gasteiger partial charge in [0.25, 0.3) is 0 Å². The summed E-state index contributed by atoms with van der Waals surface area (Å²) in [5, 5.41) is 6.09. The van der Waals surface area contributed by atoms with Gasteiger partial charge in [0.15, 0.2) is 11.6 Å². The highest BCUT2D eigenvalue weighted by molar-refractivity contribution is 5.84. The van der Waals surface area contributed by atoms with Gasteiger partial charge in [-0.15, -0.1) is 0 Å². The number of anilines is 1. The van der Waals surface area contributed by atoms with Crippen LogP contribution in [0.5, 0.6) is 5.75 Å². The van der Waals surface area contributed by atoms with E-state index in [9.17, 15) is 9.18 Å². The molecule has 0 bridgehead atoms. The fraction of sp³-hybridized carbons (Fsp3) is 0.533. The number of carbonyl (C=O) groups is 1. The molecule has 1 saturated carbocycles. The highest BCUT2D eigenvalue weighted by Gasteiger charge is 2.20. The van der Waals surface area contributed by atoms with Crippen molar-refractivity contribution in [3.63, 3.8) is 0 Å². The van der Waals surface area contributed by atoms with Gasteiger partial charge in [-0.3, -0.25) is 4.79 Å². The van der Waals surface area contributed by atoms with Crippen LogP contribution in [0.15, 0.2) is 18.2 Å². The number of carbonyl (C=O) groups excluding carboxylic acids is 1. The number of hydrogen-bond donors (Lipinski definition) is 2. The molecule has 20 heavy (non-hydrogen) atoms. The number of amides is 1. The molecule has 5 heteroatoms. The Labute approximate surface area is 118 Å². The summed E-state index contributed by atoms with van der Waals surface area (Å²) in [5.41, 5.74) is 0.664. The van der Waals surface area contributed by atoms with Crippen molar-refractivity contribution in [3.8, 4) is 5.75 Å². The van der Waals surface area contributed by atoms with E-state index < -0.39 is 5.82 Å². The van der Waals surface area contributed by atoms with Crippen LogP contribution in [-0.4, -0.2) is 25.1 Å². The Morgan fingerprint density at radius 3 is 2.75 bits per heavy atom. The highest BCUT2D eigenvalue weighted by Crippen LogP contribution is 2.22. The van der Waals surface area contributed by atoms with Crippen molar-refractivity contribution < 1.29 is 13.9 Å². The second-order valence-electron chi connectivity index (χ2n) is 5.21. The van der Waals surface area contributed by atoms with Crippen LogP contribution >= 0.6 is 0 Å². The standard InChI is InChI=1S/C15H21FN2O2/c1-10(15(19)18-11-5-3-4-6-11)17-12-7-8-13(16)14(9-12)20-2/h7-11,17H,3-6H2,1-2H3,(H,18,19). The molecular formula is C15H21FN2O2. The van der Waals surface area contributed by atoms with Gasteiger partial charge in [-0.1, -0.05) is 12.8 Å². The van der Waals surface area contributed by atoms with Crippen LogP contribution in [-0.2, 0) is 4.79 Å². The number of nitrogens with one attached hydrogen (secondary N) is 2. The van der Waals surface area contributed by atoms with Crippen LogP contribution < -0.4 is 15.4 Å². The van der Waals surface area contributed by atoms with E-state index in [1.54, 1.807) is 19.1 Å². The molecule has 0 aromatic heterocycles. The lowest BCUT2D eigenvalue weighted by atomic mass is 10.2. The number of hydrogen-bond acceptors (Lipinski definition) is 3. The minimum Gasteiger partial charge on any atom is -0.494 e. The second kappa shape index (κ2) is 6.59. The monoisotopic (exact) mass is 280 g/mol. The van der Waals surface area contributed by atoms with E-state index in [0.29, 0.717) is 11.7 Å². The van der Waals surface area contributed by atoms with Gasteiger partial charge in [-0.25, -0.2) is 4.39 Å². The molecule has 2 N–H and O–H groups in total. The lowest BCUT2D eigenvalue weighted by Crippen LogP contribution is -2.42. The summed E-state index contributed by atoms with van der Waals surface area (Å²) in [6.07, 6.45) is 4.48.